The molecule has 0 bridgehead atoms. The first kappa shape index (κ1) is 13.8. The van der Waals surface area contributed by atoms with Gasteiger partial charge in [0.1, 0.15) is 12.4 Å². The Morgan fingerprint density at radius 3 is 2.76 bits per heavy atom. The van der Waals surface area contributed by atoms with E-state index < -0.39 is 0 Å². The van der Waals surface area contributed by atoms with Crippen LogP contribution in [0, 0.1) is 17.1 Å². The van der Waals surface area contributed by atoms with Crippen LogP contribution in [0.25, 0.3) is 10.4 Å². The first-order valence-corrected chi connectivity index (χ1v) is 7.55. The van der Waals surface area contributed by atoms with Crippen LogP contribution >= 0.6 is 11.3 Å². The minimum atomic E-state index is -0.297. The van der Waals surface area contributed by atoms with E-state index in [2.05, 4.69) is 0 Å². The molecule has 0 aliphatic heterocycles. The number of amides is 1. The van der Waals surface area contributed by atoms with Crippen molar-refractivity contribution in [2.45, 2.75) is 18.9 Å². The molecule has 1 aliphatic rings. The molecule has 1 heterocycles. The van der Waals surface area contributed by atoms with Gasteiger partial charge in [0.15, 0.2) is 0 Å². The number of rotatable bonds is 4. The first-order chi connectivity index (χ1) is 10.2. The first-order valence-electron chi connectivity index (χ1n) is 6.73. The second-order valence-corrected chi connectivity index (χ2v) is 6.05. The van der Waals surface area contributed by atoms with Gasteiger partial charge in [0, 0.05) is 16.5 Å². The van der Waals surface area contributed by atoms with Gasteiger partial charge in [0.05, 0.1) is 10.9 Å². The summed E-state index contributed by atoms with van der Waals surface area (Å²) in [5, 5.41) is 8.84. The van der Waals surface area contributed by atoms with Gasteiger partial charge in [0.25, 0.3) is 5.91 Å². The summed E-state index contributed by atoms with van der Waals surface area (Å²) in [5.74, 6) is -0.430. The van der Waals surface area contributed by atoms with Crippen molar-refractivity contribution in [3.05, 3.63) is 47.1 Å². The molecule has 3 rings (SSSR count). The van der Waals surface area contributed by atoms with Crippen molar-refractivity contribution >= 4 is 17.2 Å². The Kier molecular flexibility index (Phi) is 3.72. The van der Waals surface area contributed by atoms with Crippen LogP contribution in [-0.4, -0.2) is 23.4 Å². The van der Waals surface area contributed by atoms with Crippen LogP contribution in [0.4, 0.5) is 4.39 Å². The standard InChI is InChI=1S/C16H13FN2OS/c17-13-4-2-1-3-12(13)14-7-8-15(21-14)16(20)19(10-9-18)11-5-6-11/h1-4,7-8,11H,5-6,10H2. The molecular formula is C16H13FN2OS. The molecule has 1 aromatic heterocycles. The summed E-state index contributed by atoms with van der Waals surface area (Å²) in [6, 6.07) is 12.2. The maximum Gasteiger partial charge on any atom is 0.265 e. The average Bonchev–Trinajstić information content (AvgIpc) is 3.21. The summed E-state index contributed by atoms with van der Waals surface area (Å²) in [5.41, 5.74) is 0.500. The van der Waals surface area contributed by atoms with Crippen molar-refractivity contribution in [2.24, 2.45) is 0 Å². The van der Waals surface area contributed by atoms with Crippen LogP contribution in [0.3, 0.4) is 0 Å². The third kappa shape index (κ3) is 2.81. The Bertz CT molecular complexity index is 715. The van der Waals surface area contributed by atoms with E-state index in [4.69, 9.17) is 5.26 Å². The summed E-state index contributed by atoms with van der Waals surface area (Å²) in [7, 11) is 0. The molecule has 21 heavy (non-hydrogen) atoms. The Hall–Kier alpha value is -2.19. The molecule has 106 valence electrons. The molecule has 5 heteroatoms. The van der Waals surface area contributed by atoms with Gasteiger partial charge < -0.3 is 4.90 Å². The highest BCUT2D eigenvalue weighted by Crippen LogP contribution is 2.33. The van der Waals surface area contributed by atoms with Crippen LogP contribution in [0.5, 0.6) is 0 Å². The van der Waals surface area contributed by atoms with Crippen LogP contribution in [0.2, 0.25) is 0 Å². The van der Waals surface area contributed by atoms with Gasteiger partial charge in [-0.25, -0.2) is 4.39 Å². The largest absolute Gasteiger partial charge is 0.322 e. The predicted octanol–water partition coefficient (Wildman–Crippen LogP) is 3.68. The minimum absolute atomic E-state index is 0.108. The molecule has 2 aromatic rings. The number of halogens is 1. The number of nitriles is 1. The van der Waals surface area contributed by atoms with E-state index in [0.29, 0.717) is 10.4 Å². The lowest BCUT2D eigenvalue weighted by Gasteiger charge is -2.17. The van der Waals surface area contributed by atoms with Crippen LogP contribution in [0.15, 0.2) is 36.4 Å². The van der Waals surface area contributed by atoms with E-state index in [-0.39, 0.29) is 24.3 Å². The van der Waals surface area contributed by atoms with E-state index in [0.717, 1.165) is 17.7 Å². The summed E-state index contributed by atoms with van der Waals surface area (Å²) in [4.78, 5) is 15.3. The molecule has 0 spiro atoms. The zero-order chi connectivity index (χ0) is 14.8. The van der Waals surface area contributed by atoms with Crippen LogP contribution < -0.4 is 0 Å². The highest BCUT2D eigenvalue weighted by atomic mass is 32.1. The van der Waals surface area contributed by atoms with Gasteiger partial charge in [-0.2, -0.15) is 5.26 Å². The number of nitrogens with zero attached hydrogens (tertiary/aromatic N) is 2. The second kappa shape index (κ2) is 5.66. The fraction of sp³-hybridized carbons (Fsp3) is 0.250. The Balaban J connectivity index is 1.86. The third-order valence-electron chi connectivity index (χ3n) is 3.45. The molecule has 1 saturated carbocycles. The van der Waals surface area contributed by atoms with Crippen molar-refractivity contribution in [3.63, 3.8) is 0 Å². The summed E-state index contributed by atoms with van der Waals surface area (Å²) >= 11 is 1.27. The van der Waals surface area contributed by atoms with Gasteiger partial charge in [0.2, 0.25) is 0 Å². The SMILES string of the molecule is N#CCN(C(=O)c1ccc(-c2ccccc2F)s1)C1CC1. The van der Waals surface area contributed by atoms with Gasteiger partial charge in [-0.1, -0.05) is 18.2 Å². The third-order valence-corrected chi connectivity index (χ3v) is 4.55. The predicted molar refractivity (Wildman–Crippen MR) is 79.4 cm³/mol. The molecule has 3 nitrogen and oxygen atoms in total. The highest BCUT2D eigenvalue weighted by Gasteiger charge is 2.33. The lowest BCUT2D eigenvalue weighted by molar-refractivity contribution is 0.0770. The second-order valence-electron chi connectivity index (χ2n) is 4.97. The molecule has 1 fully saturated rings. The van der Waals surface area contributed by atoms with E-state index >= 15 is 0 Å². The number of thiophene rings is 1. The Labute approximate surface area is 126 Å². The maximum absolute atomic E-state index is 13.8. The number of carbonyl (C=O) groups is 1. The van der Waals surface area contributed by atoms with Crippen molar-refractivity contribution in [1.29, 1.82) is 5.26 Å². The molecule has 0 radical (unpaired) electrons. The van der Waals surface area contributed by atoms with Gasteiger partial charge in [-0.15, -0.1) is 11.3 Å². The topological polar surface area (TPSA) is 44.1 Å². The van der Waals surface area contributed by atoms with Crippen molar-refractivity contribution in [2.75, 3.05) is 6.54 Å². The zero-order valence-electron chi connectivity index (χ0n) is 11.3. The zero-order valence-corrected chi connectivity index (χ0v) is 12.1. The molecule has 0 N–H and O–H groups in total. The highest BCUT2D eigenvalue weighted by molar-refractivity contribution is 7.17. The molecular weight excluding hydrogens is 287 g/mol. The van der Waals surface area contributed by atoms with E-state index in [9.17, 15) is 9.18 Å². The molecule has 1 aliphatic carbocycles. The number of carbonyl (C=O) groups excluding carboxylic acids is 1. The summed E-state index contributed by atoms with van der Waals surface area (Å²) < 4.78 is 13.8. The number of benzene rings is 1. The van der Waals surface area contributed by atoms with Crippen molar-refractivity contribution in [1.82, 2.24) is 4.90 Å². The van der Waals surface area contributed by atoms with Crippen molar-refractivity contribution < 1.29 is 9.18 Å². The Morgan fingerprint density at radius 2 is 2.10 bits per heavy atom. The average molecular weight is 300 g/mol. The minimum Gasteiger partial charge on any atom is -0.322 e. The molecule has 1 amide bonds. The summed E-state index contributed by atoms with van der Waals surface area (Å²) in [6.07, 6.45) is 1.91. The van der Waals surface area contributed by atoms with Gasteiger partial charge in [-0.05, 0) is 31.0 Å². The molecule has 1 aromatic carbocycles. The van der Waals surface area contributed by atoms with Crippen LogP contribution in [-0.2, 0) is 0 Å². The molecule has 0 unspecified atom stereocenters. The van der Waals surface area contributed by atoms with Crippen LogP contribution in [0.1, 0.15) is 22.5 Å². The molecule has 0 saturated heterocycles. The fourth-order valence-electron chi connectivity index (χ4n) is 2.23. The molecule has 0 atom stereocenters. The number of hydrogen-bond donors (Lipinski definition) is 0. The summed E-state index contributed by atoms with van der Waals surface area (Å²) in [6.45, 7) is 0.108. The van der Waals surface area contributed by atoms with E-state index in [1.807, 2.05) is 6.07 Å². The number of hydrogen-bond acceptors (Lipinski definition) is 3. The monoisotopic (exact) mass is 300 g/mol. The van der Waals surface area contributed by atoms with Gasteiger partial charge >= 0.3 is 0 Å². The fourth-order valence-corrected chi connectivity index (χ4v) is 3.22. The quantitative estimate of drug-likeness (QED) is 0.808. The smallest absolute Gasteiger partial charge is 0.265 e. The van der Waals surface area contributed by atoms with E-state index in [1.54, 1.807) is 35.2 Å². The normalized spacial score (nSPS) is 13.7. The lowest BCUT2D eigenvalue weighted by atomic mass is 10.2. The van der Waals surface area contributed by atoms with Gasteiger partial charge in [-0.3, -0.25) is 4.79 Å². The maximum atomic E-state index is 13.8. The van der Waals surface area contributed by atoms with Crippen molar-refractivity contribution in [3.8, 4) is 16.5 Å². The Morgan fingerprint density at radius 1 is 1.33 bits per heavy atom. The van der Waals surface area contributed by atoms with E-state index in [1.165, 1.54) is 17.4 Å². The lowest BCUT2D eigenvalue weighted by Crippen LogP contribution is -2.32.